The highest BCUT2D eigenvalue weighted by Gasteiger charge is 2.19. The fraction of sp³-hybridized carbons (Fsp3) is 0. The van der Waals surface area contributed by atoms with E-state index in [2.05, 4.69) is 59.2 Å². The third-order valence-electron chi connectivity index (χ3n) is 9.88. The second-order valence-electron chi connectivity index (χ2n) is 13.1. The number of para-hydroxylation sites is 1. The molecule has 7 heteroatoms. The van der Waals surface area contributed by atoms with Gasteiger partial charge in [-0.2, -0.15) is 10.5 Å². The van der Waals surface area contributed by atoms with E-state index in [1.165, 1.54) is 0 Å². The summed E-state index contributed by atoms with van der Waals surface area (Å²) in [5.41, 5.74) is 9.89. The van der Waals surface area contributed by atoms with E-state index in [9.17, 15) is 10.5 Å². The second-order valence-corrected chi connectivity index (χ2v) is 13.1. The topological polar surface area (TPSA) is 104 Å². The van der Waals surface area contributed by atoms with E-state index in [0.29, 0.717) is 28.6 Å². The molecule has 0 atom stereocenters. The minimum absolute atomic E-state index is 0.441. The molecule has 10 aromatic rings. The van der Waals surface area contributed by atoms with Crippen LogP contribution >= 0.6 is 0 Å². The molecule has 0 aliphatic rings. The molecule has 250 valence electrons. The molecular weight excluding hydrogens is 665 g/mol. The van der Waals surface area contributed by atoms with Gasteiger partial charge < -0.3 is 8.98 Å². The summed E-state index contributed by atoms with van der Waals surface area (Å²) in [6, 6.07) is 56.6. The Morgan fingerprint density at radius 1 is 0.444 bits per heavy atom. The van der Waals surface area contributed by atoms with Crippen LogP contribution in [0.15, 0.2) is 162 Å². The number of hydrogen-bond acceptors (Lipinski definition) is 6. The van der Waals surface area contributed by atoms with E-state index < -0.39 is 0 Å². The van der Waals surface area contributed by atoms with Crippen molar-refractivity contribution in [2.24, 2.45) is 0 Å². The van der Waals surface area contributed by atoms with Crippen LogP contribution in [0.2, 0.25) is 0 Å². The van der Waals surface area contributed by atoms with E-state index >= 15 is 0 Å². The van der Waals surface area contributed by atoms with Crippen molar-refractivity contribution in [2.75, 3.05) is 0 Å². The Morgan fingerprint density at radius 3 is 1.72 bits per heavy atom. The monoisotopic (exact) mass is 690 g/mol. The van der Waals surface area contributed by atoms with Gasteiger partial charge in [0.05, 0.1) is 34.3 Å². The number of fused-ring (bicyclic) bond motifs is 6. The van der Waals surface area contributed by atoms with E-state index in [1.54, 1.807) is 6.07 Å². The lowest BCUT2D eigenvalue weighted by molar-refractivity contribution is 0.669. The van der Waals surface area contributed by atoms with Gasteiger partial charge in [-0.1, -0.05) is 103 Å². The molecule has 0 bridgehead atoms. The number of aromatic nitrogens is 4. The van der Waals surface area contributed by atoms with Crippen LogP contribution in [-0.4, -0.2) is 19.5 Å². The van der Waals surface area contributed by atoms with Crippen LogP contribution in [0.5, 0.6) is 0 Å². The Bertz CT molecular complexity index is 3090. The average molecular weight is 691 g/mol. The molecule has 54 heavy (non-hydrogen) atoms. The Morgan fingerprint density at radius 2 is 1.04 bits per heavy atom. The molecule has 0 aliphatic carbocycles. The predicted molar refractivity (Wildman–Crippen MR) is 213 cm³/mol. The van der Waals surface area contributed by atoms with Gasteiger partial charge in [-0.25, -0.2) is 15.0 Å². The fourth-order valence-electron chi connectivity index (χ4n) is 7.42. The first-order chi connectivity index (χ1) is 26.6. The van der Waals surface area contributed by atoms with Crippen LogP contribution in [0.4, 0.5) is 0 Å². The van der Waals surface area contributed by atoms with Crippen molar-refractivity contribution in [2.45, 2.75) is 0 Å². The quantitative estimate of drug-likeness (QED) is 0.178. The number of benzene rings is 7. The summed E-state index contributed by atoms with van der Waals surface area (Å²) in [6.45, 7) is 0. The Labute approximate surface area is 309 Å². The molecule has 0 amide bonds. The van der Waals surface area contributed by atoms with Crippen molar-refractivity contribution >= 4 is 43.7 Å². The largest absolute Gasteiger partial charge is 0.456 e. The highest BCUT2D eigenvalue weighted by Crippen LogP contribution is 2.40. The molecule has 0 spiro atoms. The Hall–Kier alpha value is -7.87. The van der Waals surface area contributed by atoms with Crippen molar-refractivity contribution < 1.29 is 4.42 Å². The third-order valence-corrected chi connectivity index (χ3v) is 9.88. The van der Waals surface area contributed by atoms with Crippen molar-refractivity contribution in [1.29, 1.82) is 10.5 Å². The highest BCUT2D eigenvalue weighted by molar-refractivity contribution is 6.14. The summed E-state index contributed by atoms with van der Waals surface area (Å²) >= 11 is 0. The summed E-state index contributed by atoms with van der Waals surface area (Å²) in [7, 11) is 0. The zero-order valence-electron chi connectivity index (χ0n) is 28.6. The normalized spacial score (nSPS) is 11.3. The van der Waals surface area contributed by atoms with Gasteiger partial charge in [0.25, 0.3) is 0 Å². The maximum Gasteiger partial charge on any atom is 0.164 e. The first-order valence-corrected chi connectivity index (χ1v) is 17.5. The maximum absolute atomic E-state index is 9.71. The van der Waals surface area contributed by atoms with Gasteiger partial charge in [0.2, 0.25) is 0 Å². The number of furan rings is 1. The van der Waals surface area contributed by atoms with E-state index in [-0.39, 0.29) is 0 Å². The summed E-state index contributed by atoms with van der Waals surface area (Å²) in [5, 5.41) is 23.4. The number of nitriles is 2. The molecule has 0 unspecified atom stereocenters. The molecule has 0 saturated heterocycles. The number of nitrogens with zero attached hydrogens (tertiary/aromatic N) is 6. The molecule has 7 nitrogen and oxygen atoms in total. The van der Waals surface area contributed by atoms with Crippen molar-refractivity contribution in [1.82, 2.24) is 19.5 Å². The van der Waals surface area contributed by atoms with Gasteiger partial charge in [0, 0.05) is 43.9 Å². The molecular formula is C47H26N6O. The van der Waals surface area contributed by atoms with Crippen molar-refractivity contribution in [3.05, 3.63) is 169 Å². The van der Waals surface area contributed by atoms with Crippen LogP contribution in [0.1, 0.15) is 11.1 Å². The van der Waals surface area contributed by atoms with Gasteiger partial charge >= 0.3 is 0 Å². The smallest absolute Gasteiger partial charge is 0.164 e. The maximum atomic E-state index is 9.71. The summed E-state index contributed by atoms with van der Waals surface area (Å²) < 4.78 is 8.56. The van der Waals surface area contributed by atoms with Crippen LogP contribution in [0.3, 0.4) is 0 Å². The molecule has 3 heterocycles. The highest BCUT2D eigenvalue weighted by atomic mass is 16.3. The standard InChI is InChI=1S/C47H26N6O/c48-27-29-22-30(28-49)24-35(23-29)53-40-16-8-7-14-36(40)38-25-33(18-20-41(38)53)34-19-21-42-39(26-34)44-37(15-9-17-43(44)54-42)47-51-45(31-10-3-1-4-11-31)50-46(52-47)32-12-5-2-6-13-32/h1-26H. The van der Waals surface area contributed by atoms with Crippen LogP contribution in [-0.2, 0) is 0 Å². The zero-order valence-corrected chi connectivity index (χ0v) is 28.6. The van der Waals surface area contributed by atoms with Gasteiger partial charge in [0.15, 0.2) is 17.5 Å². The van der Waals surface area contributed by atoms with Gasteiger partial charge in [-0.15, -0.1) is 0 Å². The molecule has 10 rings (SSSR count). The van der Waals surface area contributed by atoms with E-state index in [4.69, 9.17) is 19.4 Å². The molecule has 0 radical (unpaired) electrons. The predicted octanol–water partition coefficient (Wildman–Crippen LogP) is 11.3. The molecule has 0 fully saturated rings. The first kappa shape index (κ1) is 30.9. The Balaban J connectivity index is 1.15. The zero-order chi connectivity index (χ0) is 36.2. The lowest BCUT2D eigenvalue weighted by atomic mass is 9.99. The minimum atomic E-state index is 0.441. The van der Waals surface area contributed by atoms with E-state index in [1.807, 2.05) is 109 Å². The van der Waals surface area contributed by atoms with Gasteiger partial charge in [0.1, 0.15) is 11.2 Å². The van der Waals surface area contributed by atoms with Gasteiger partial charge in [-0.05, 0) is 65.7 Å². The van der Waals surface area contributed by atoms with Crippen molar-refractivity contribution in [3.8, 4) is 63.1 Å². The average Bonchev–Trinajstić information content (AvgIpc) is 3.79. The molecule has 7 aromatic carbocycles. The molecule has 0 aliphatic heterocycles. The lowest BCUT2D eigenvalue weighted by Crippen LogP contribution is -2.00. The van der Waals surface area contributed by atoms with Gasteiger partial charge in [-0.3, -0.25) is 0 Å². The van der Waals surface area contributed by atoms with Crippen LogP contribution in [0.25, 0.3) is 94.7 Å². The second kappa shape index (κ2) is 12.4. The summed E-state index contributed by atoms with van der Waals surface area (Å²) in [4.78, 5) is 14.9. The van der Waals surface area contributed by atoms with Crippen LogP contribution in [0, 0.1) is 22.7 Å². The number of hydrogen-bond donors (Lipinski definition) is 0. The summed E-state index contributed by atoms with van der Waals surface area (Å²) in [5.74, 6) is 1.76. The SMILES string of the molecule is N#Cc1cc(C#N)cc(-n2c3ccccc3c3cc(-c4ccc5oc6cccc(-c7nc(-c8ccccc8)nc(-c8ccccc8)n7)c6c5c4)ccc32)c1. The molecule has 0 saturated carbocycles. The third kappa shape index (κ3) is 5.08. The van der Waals surface area contributed by atoms with E-state index in [0.717, 1.165) is 77.2 Å². The summed E-state index contributed by atoms with van der Waals surface area (Å²) in [6.07, 6.45) is 0. The molecule has 0 N–H and O–H groups in total. The fourth-order valence-corrected chi connectivity index (χ4v) is 7.42. The lowest BCUT2D eigenvalue weighted by Gasteiger charge is -2.10. The van der Waals surface area contributed by atoms with Crippen molar-refractivity contribution in [3.63, 3.8) is 0 Å². The number of rotatable bonds is 5. The van der Waals surface area contributed by atoms with Crippen LogP contribution < -0.4 is 0 Å². The first-order valence-electron chi connectivity index (χ1n) is 17.5. The molecule has 3 aromatic heterocycles. The minimum Gasteiger partial charge on any atom is -0.456 e. The Kier molecular flexibility index (Phi) is 7.11.